The quantitative estimate of drug-likeness (QED) is 0.432. The van der Waals surface area contributed by atoms with E-state index in [1.165, 1.54) is 17.2 Å². The maximum Gasteiger partial charge on any atom is 0.257 e. The van der Waals surface area contributed by atoms with Gasteiger partial charge in [-0.2, -0.15) is 5.10 Å². The maximum atomic E-state index is 14.3. The molecule has 0 aromatic heterocycles. The summed E-state index contributed by atoms with van der Waals surface area (Å²) in [7, 11) is 3.26. The minimum Gasteiger partial charge on any atom is -0.497 e. The molecule has 39 heavy (non-hydrogen) atoms. The van der Waals surface area contributed by atoms with Crippen LogP contribution in [0.25, 0.3) is 0 Å². The van der Waals surface area contributed by atoms with Gasteiger partial charge >= 0.3 is 0 Å². The highest BCUT2D eigenvalue weighted by atomic mass is 19.1. The minimum atomic E-state index is -0.320. The molecule has 0 N–H and O–H groups in total. The lowest BCUT2D eigenvalue weighted by molar-refractivity contribution is -0.134. The zero-order valence-electron chi connectivity index (χ0n) is 23.0. The summed E-state index contributed by atoms with van der Waals surface area (Å²) in [6.07, 6.45) is 0.568. The molecule has 204 valence electrons. The number of benzene rings is 3. The van der Waals surface area contributed by atoms with Crippen molar-refractivity contribution in [1.29, 1.82) is 0 Å². The molecule has 7 nitrogen and oxygen atoms in total. The fourth-order valence-corrected chi connectivity index (χ4v) is 5.30. The van der Waals surface area contributed by atoms with E-state index in [0.29, 0.717) is 49.8 Å². The van der Waals surface area contributed by atoms with Gasteiger partial charge in [-0.1, -0.05) is 24.3 Å². The van der Waals surface area contributed by atoms with Gasteiger partial charge in [0.05, 0.1) is 38.2 Å². The first kappa shape index (κ1) is 26.7. The van der Waals surface area contributed by atoms with Gasteiger partial charge in [-0.15, -0.1) is 0 Å². The van der Waals surface area contributed by atoms with Crippen molar-refractivity contribution in [3.05, 3.63) is 88.7 Å². The number of piperazine rings is 1. The molecular weight excluding hydrogens is 495 g/mol. The lowest BCUT2D eigenvalue weighted by Crippen LogP contribution is -2.49. The Balaban J connectivity index is 1.38. The van der Waals surface area contributed by atoms with Crippen LogP contribution in [0, 0.1) is 19.7 Å². The first-order valence-electron chi connectivity index (χ1n) is 13.3. The predicted octanol–water partition coefficient (Wildman–Crippen LogP) is 4.96. The third-order valence-electron chi connectivity index (χ3n) is 7.73. The zero-order chi connectivity index (χ0) is 27.5. The Kier molecular flexibility index (Phi) is 7.84. The average Bonchev–Trinajstić information content (AvgIpc) is 3.40. The number of ether oxygens (including phenoxy) is 2. The van der Waals surface area contributed by atoms with E-state index < -0.39 is 0 Å². The van der Waals surface area contributed by atoms with Crippen LogP contribution in [0.1, 0.15) is 34.7 Å². The molecule has 0 aliphatic carbocycles. The molecule has 1 unspecified atom stereocenters. The van der Waals surface area contributed by atoms with Gasteiger partial charge in [0.2, 0.25) is 0 Å². The van der Waals surface area contributed by atoms with Crippen LogP contribution in [-0.2, 0) is 4.79 Å². The lowest BCUT2D eigenvalue weighted by Gasteiger charge is -2.36. The van der Waals surface area contributed by atoms with Crippen molar-refractivity contribution in [2.75, 3.05) is 51.8 Å². The Morgan fingerprint density at radius 1 is 0.949 bits per heavy atom. The van der Waals surface area contributed by atoms with E-state index in [4.69, 9.17) is 14.6 Å². The molecule has 0 radical (unpaired) electrons. The van der Waals surface area contributed by atoms with Gasteiger partial charge in [-0.05, 0) is 66.9 Å². The largest absolute Gasteiger partial charge is 0.497 e. The Hall–Kier alpha value is -3.91. The number of hydrazone groups is 1. The lowest BCUT2D eigenvalue weighted by atomic mass is 9.95. The van der Waals surface area contributed by atoms with Gasteiger partial charge in [0.1, 0.15) is 17.3 Å². The molecule has 2 aliphatic heterocycles. The summed E-state index contributed by atoms with van der Waals surface area (Å²) in [4.78, 5) is 17.9. The SMILES string of the molecule is COc1ccc(OC)c(C2CC(c3ccc(C)c(C)c3)=NN2C(=O)CN2CCN(c3ccccc3F)CC2)c1. The van der Waals surface area contributed by atoms with Crippen LogP contribution in [0.15, 0.2) is 65.8 Å². The number of hydrogen-bond acceptors (Lipinski definition) is 6. The fourth-order valence-electron chi connectivity index (χ4n) is 5.30. The highest BCUT2D eigenvalue weighted by molar-refractivity contribution is 6.03. The second kappa shape index (κ2) is 11.5. The van der Waals surface area contributed by atoms with Crippen LogP contribution in [0.3, 0.4) is 0 Å². The van der Waals surface area contributed by atoms with Crippen molar-refractivity contribution in [1.82, 2.24) is 9.91 Å². The topological polar surface area (TPSA) is 57.6 Å². The molecule has 0 spiro atoms. The molecule has 1 atom stereocenters. The second-order valence-corrected chi connectivity index (χ2v) is 10.1. The molecule has 0 saturated carbocycles. The smallest absolute Gasteiger partial charge is 0.257 e. The number of carbonyl (C=O) groups is 1. The highest BCUT2D eigenvalue weighted by Crippen LogP contribution is 2.39. The van der Waals surface area contributed by atoms with Gasteiger partial charge in [-0.3, -0.25) is 9.69 Å². The molecule has 1 saturated heterocycles. The summed E-state index contributed by atoms with van der Waals surface area (Å²) in [5, 5.41) is 6.49. The zero-order valence-corrected chi connectivity index (χ0v) is 23.0. The number of para-hydroxylation sites is 1. The Bertz CT molecular complexity index is 1380. The molecule has 2 aliphatic rings. The van der Waals surface area contributed by atoms with Gasteiger partial charge in [0.25, 0.3) is 5.91 Å². The van der Waals surface area contributed by atoms with E-state index in [-0.39, 0.29) is 24.3 Å². The van der Waals surface area contributed by atoms with Gasteiger partial charge < -0.3 is 14.4 Å². The third-order valence-corrected chi connectivity index (χ3v) is 7.73. The van der Waals surface area contributed by atoms with Crippen molar-refractivity contribution >= 4 is 17.3 Å². The van der Waals surface area contributed by atoms with Crippen LogP contribution in [-0.4, -0.2) is 68.5 Å². The van der Waals surface area contributed by atoms with Crippen molar-refractivity contribution in [2.24, 2.45) is 5.10 Å². The average molecular weight is 531 g/mol. The van der Waals surface area contributed by atoms with Crippen molar-refractivity contribution in [2.45, 2.75) is 26.3 Å². The summed E-state index contributed by atoms with van der Waals surface area (Å²) >= 11 is 0. The number of aryl methyl sites for hydroxylation is 2. The molecular formula is C31H35FN4O3. The molecule has 3 aromatic rings. The molecule has 5 rings (SSSR count). The van der Waals surface area contributed by atoms with Crippen LogP contribution >= 0.6 is 0 Å². The number of amides is 1. The van der Waals surface area contributed by atoms with Crippen LogP contribution in [0.5, 0.6) is 11.5 Å². The summed E-state index contributed by atoms with van der Waals surface area (Å²) in [6.45, 7) is 7.03. The number of halogens is 1. The van der Waals surface area contributed by atoms with Gasteiger partial charge in [0, 0.05) is 38.2 Å². The van der Waals surface area contributed by atoms with Crippen molar-refractivity contribution in [3.8, 4) is 11.5 Å². The fraction of sp³-hybridized carbons (Fsp3) is 0.355. The van der Waals surface area contributed by atoms with Crippen LogP contribution < -0.4 is 14.4 Å². The number of nitrogens with zero attached hydrogens (tertiary/aromatic N) is 4. The number of methoxy groups -OCH3 is 2. The molecule has 2 heterocycles. The standard InChI is InChI=1S/C31H35FN4O3/c1-21-9-10-23(17-22(21)2)27-19-29(25-18-24(38-3)11-12-30(25)39-4)36(33-27)31(37)20-34-13-15-35(16-14-34)28-8-6-5-7-26(28)32/h5-12,17-18,29H,13-16,19-20H2,1-4H3. The first-order chi connectivity index (χ1) is 18.9. The molecule has 1 fully saturated rings. The third kappa shape index (κ3) is 5.61. The number of rotatable bonds is 7. The Morgan fingerprint density at radius 3 is 2.41 bits per heavy atom. The number of hydrogen-bond donors (Lipinski definition) is 0. The molecule has 3 aromatic carbocycles. The van der Waals surface area contributed by atoms with Crippen LogP contribution in [0.2, 0.25) is 0 Å². The van der Waals surface area contributed by atoms with E-state index in [1.54, 1.807) is 31.4 Å². The summed E-state index contributed by atoms with van der Waals surface area (Å²) in [5.74, 6) is 1.08. The number of anilines is 1. The van der Waals surface area contributed by atoms with Gasteiger partial charge in [0.15, 0.2) is 0 Å². The van der Waals surface area contributed by atoms with Crippen LogP contribution in [0.4, 0.5) is 10.1 Å². The van der Waals surface area contributed by atoms with E-state index in [1.807, 2.05) is 29.2 Å². The Morgan fingerprint density at radius 2 is 1.72 bits per heavy atom. The van der Waals surface area contributed by atoms with Crippen molar-refractivity contribution < 1.29 is 18.7 Å². The molecule has 8 heteroatoms. The van der Waals surface area contributed by atoms with E-state index in [9.17, 15) is 9.18 Å². The van der Waals surface area contributed by atoms with E-state index in [0.717, 1.165) is 16.8 Å². The molecule has 0 bridgehead atoms. The summed E-state index contributed by atoms with van der Waals surface area (Å²) in [6, 6.07) is 18.4. The second-order valence-electron chi connectivity index (χ2n) is 10.1. The number of carbonyl (C=O) groups excluding carboxylic acids is 1. The predicted molar refractivity (Wildman–Crippen MR) is 151 cm³/mol. The summed E-state index contributed by atoms with van der Waals surface area (Å²) in [5.41, 5.74) is 5.74. The monoisotopic (exact) mass is 530 g/mol. The van der Waals surface area contributed by atoms with Crippen molar-refractivity contribution in [3.63, 3.8) is 0 Å². The maximum absolute atomic E-state index is 14.3. The van der Waals surface area contributed by atoms with Gasteiger partial charge in [-0.25, -0.2) is 9.40 Å². The first-order valence-corrected chi connectivity index (χ1v) is 13.3. The highest BCUT2D eigenvalue weighted by Gasteiger charge is 2.36. The summed E-state index contributed by atoms with van der Waals surface area (Å²) < 4.78 is 25.5. The Labute approximate surface area is 229 Å². The minimum absolute atomic E-state index is 0.0805. The molecule has 1 amide bonds. The van der Waals surface area contributed by atoms with E-state index >= 15 is 0 Å². The van der Waals surface area contributed by atoms with E-state index in [2.05, 4.69) is 36.9 Å². The normalized spacial score (nSPS) is 17.8.